The van der Waals surface area contributed by atoms with Gasteiger partial charge in [-0.05, 0) is 41.5 Å². The largest absolute Gasteiger partial charge is 0.492 e. The monoisotopic (exact) mass is 410 g/mol. The van der Waals surface area contributed by atoms with Crippen molar-refractivity contribution in [1.29, 1.82) is 0 Å². The molecule has 0 saturated heterocycles. The van der Waals surface area contributed by atoms with E-state index in [0.29, 0.717) is 23.0 Å². The molecule has 0 atom stereocenters. The number of nitrogens with one attached hydrogen (secondary N) is 2. The van der Waals surface area contributed by atoms with Gasteiger partial charge in [-0.25, -0.2) is 0 Å². The molecule has 2 amide bonds. The maximum Gasteiger partial charge on any atom is 0.261 e. The van der Waals surface area contributed by atoms with Gasteiger partial charge >= 0.3 is 0 Å². The maximum atomic E-state index is 12.5. The number of rotatable bonds is 6. The summed E-state index contributed by atoms with van der Waals surface area (Å²) in [5.41, 5.74) is 0.354. The zero-order chi connectivity index (χ0) is 21.0. The molecule has 2 N–H and O–H groups in total. The molecule has 3 aromatic rings. The second kappa shape index (κ2) is 8.66. The molecule has 152 valence electrons. The molecule has 3 rings (SSSR count). The van der Waals surface area contributed by atoms with Crippen molar-refractivity contribution in [2.45, 2.75) is 27.7 Å². The smallest absolute Gasteiger partial charge is 0.261 e. The highest BCUT2D eigenvalue weighted by Crippen LogP contribution is 2.28. The summed E-state index contributed by atoms with van der Waals surface area (Å²) < 4.78 is 5.76. The van der Waals surface area contributed by atoms with Gasteiger partial charge in [0.25, 0.3) is 5.91 Å². The second-order valence-corrected chi connectivity index (χ2v) is 8.99. The molecule has 0 aliphatic carbocycles. The summed E-state index contributed by atoms with van der Waals surface area (Å²) in [5.74, 6) is 0.540. The Balaban J connectivity index is 1.52. The number of aryl methyl sites for hydroxylation is 1. The number of carbonyl (C=O) groups excluding carboxylic acids is 2. The predicted octanol–water partition coefficient (Wildman–Crippen LogP) is 5.00. The predicted molar refractivity (Wildman–Crippen MR) is 119 cm³/mol. The van der Waals surface area contributed by atoms with Crippen LogP contribution < -0.4 is 15.4 Å². The van der Waals surface area contributed by atoms with Gasteiger partial charge in [0, 0.05) is 5.41 Å². The lowest BCUT2D eigenvalue weighted by atomic mass is 9.96. The lowest BCUT2D eigenvalue weighted by molar-refractivity contribution is -0.123. The first-order chi connectivity index (χ1) is 13.7. The Morgan fingerprint density at radius 3 is 2.48 bits per heavy atom. The number of hydrogen-bond donors (Lipinski definition) is 2. The van der Waals surface area contributed by atoms with Crippen LogP contribution in [-0.4, -0.2) is 25.0 Å². The Morgan fingerprint density at radius 1 is 1.03 bits per heavy atom. The van der Waals surface area contributed by atoms with Crippen LogP contribution in [0, 0.1) is 12.3 Å². The molecule has 0 aliphatic heterocycles. The van der Waals surface area contributed by atoms with Gasteiger partial charge in [0.2, 0.25) is 5.91 Å². The molecule has 0 saturated carbocycles. The number of fused-ring (bicyclic) bond motifs is 1. The molecule has 0 radical (unpaired) electrons. The van der Waals surface area contributed by atoms with Crippen LogP contribution in [0.5, 0.6) is 5.75 Å². The van der Waals surface area contributed by atoms with Crippen LogP contribution in [0.3, 0.4) is 0 Å². The van der Waals surface area contributed by atoms with E-state index in [0.717, 1.165) is 22.1 Å². The molecule has 0 unspecified atom stereocenters. The second-order valence-electron chi connectivity index (χ2n) is 7.94. The summed E-state index contributed by atoms with van der Waals surface area (Å²) in [6.07, 6.45) is 0. The van der Waals surface area contributed by atoms with Gasteiger partial charge < -0.3 is 15.4 Å². The Hall–Kier alpha value is -2.86. The summed E-state index contributed by atoms with van der Waals surface area (Å²) in [7, 11) is 0. The molecule has 0 aliphatic rings. The first-order valence-electron chi connectivity index (χ1n) is 9.56. The average molecular weight is 411 g/mol. The van der Waals surface area contributed by atoms with Gasteiger partial charge in [-0.3, -0.25) is 9.59 Å². The highest BCUT2D eigenvalue weighted by molar-refractivity contribution is 7.18. The van der Waals surface area contributed by atoms with Crippen molar-refractivity contribution in [3.63, 3.8) is 0 Å². The summed E-state index contributed by atoms with van der Waals surface area (Å²) in [6, 6.07) is 15.9. The molecule has 1 aromatic heterocycles. The van der Waals surface area contributed by atoms with Gasteiger partial charge in [-0.2, -0.15) is 0 Å². The van der Waals surface area contributed by atoms with Crippen molar-refractivity contribution in [1.82, 2.24) is 5.32 Å². The Labute approximate surface area is 175 Å². The Kier molecular flexibility index (Phi) is 6.23. The van der Waals surface area contributed by atoms with Gasteiger partial charge in [0.15, 0.2) is 0 Å². The van der Waals surface area contributed by atoms with Crippen molar-refractivity contribution in [2.24, 2.45) is 5.41 Å². The van der Waals surface area contributed by atoms with E-state index >= 15 is 0 Å². The molecule has 1 heterocycles. The van der Waals surface area contributed by atoms with Crippen LogP contribution in [0.1, 0.15) is 36.0 Å². The minimum atomic E-state index is -0.486. The molecule has 2 aromatic carbocycles. The topological polar surface area (TPSA) is 67.4 Å². The zero-order valence-electron chi connectivity index (χ0n) is 17.2. The van der Waals surface area contributed by atoms with Crippen LogP contribution in [0.2, 0.25) is 0 Å². The van der Waals surface area contributed by atoms with E-state index in [1.54, 1.807) is 0 Å². The molecular weight excluding hydrogens is 384 g/mol. The van der Waals surface area contributed by atoms with E-state index in [2.05, 4.69) is 16.7 Å². The molecular formula is C23H26N2O3S. The number of ether oxygens (including phenoxy) is 1. The molecule has 29 heavy (non-hydrogen) atoms. The van der Waals surface area contributed by atoms with Crippen molar-refractivity contribution < 1.29 is 14.3 Å². The number of anilines is 1. The van der Waals surface area contributed by atoms with Crippen LogP contribution in [0.4, 0.5) is 5.00 Å². The van der Waals surface area contributed by atoms with Crippen LogP contribution in [0.15, 0.2) is 48.5 Å². The number of hydrogen-bond acceptors (Lipinski definition) is 4. The standard InChI is InChI=1S/C23H26N2O3S/c1-15-13-19(25-22(27)23(2,3)4)29-20(15)21(26)24-11-12-28-18-10-9-16-7-5-6-8-17(16)14-18/h5-10,13-14H,11-12H2,1-4H3,(H,24,26)(H,25,27). The van der Waals surface area contributed by atoms with E-state index in [9.17, 15) is 9.59 Å². The molecule has 5 nitrogen and oxygen atoms in total. The third-order valence-electron chi connectivity index (χ3n) is 4.42. The van der Waals surface area contributed by atoms with E-state index in [4.69, 9.17) is 4.74 Å². The quantitative estimate of drug-likeness (QED) is 0.562. The summed E-state index contributed by atoms with van der Waals surface area (Å²) in [4.78, 5) is 25.2. The van der Waals surface area contributed by atoms with Crippen molar-refractivity contribution in [3.05, 3.63) is 59.0 Å². The number of amides is 2. The van der Waals surface area contributed by atoms with Crippen LogP contribution in [0.25, 0.3) is 10.8 Å². The molecule has 0 fully saturated rings. The molecule has 0 bridgehead atoms. The third-order valence-corrected chi connectivity index (χ3v) is 5.57. The summed E-state index contributed by atoms with van der Waals surface area (Å²) >= 11 is 1.28. The van der Waals surface area contributed by atoms with Gasteiger partial charge in [-0.15, -0.1) is 11.3 Å². The molecule has 0 spiro atoms. The SMILES string of the molecule is Cc1cc(NC(=O)C(C)(C)C)sc1C(=O)NCCOc1ccc2ccccc2c1. The minimum absolute atomic E-state index is 0.0745. The van der Waals surface area contributed by atoms with E-state index < -0.39 is 5.41 Å². The van der Waals surface area contributed by atoms with Gasteiger partial charge in [0.05, 0.1) is 16.4 Å². The van der Waals surface area contributed by atoms with E-state index in [-0.39, 0.29) is 11.8 Å². The van der Waals surface area contributed by atoms with Crippen molar-refractivity contribution in [3.8, 4) is 5.75 Å². The number of benzene rings is 2. The minimum Gasteiger partial charge on any atom is -0.492 e. The van der Waals surface area contributed by atoms with Crippen LogP contribution in [-0.2, 0) is 4.79 Å². The normalized spacial score (nSPS) is 11.3. The van der Waals surface area contributed by atoms with Crippen LogP contribution >= 0.6 is 11.3 Å². The Bertz CT molecular complexity index is 1030. The zero-order valence-corrected chi connectivity index (χ0v) is 18.0. The van der Waals surface area contributed by atoms with E-state index in [1.165, 1.54) is 11.3 Å². The molecule has 6 heteroatoms. The van der Waals surface area contributed by atoms with Crippen molar-refractivity contribution in [2.75, 3.05) is 18.5 Å². The van der Waals surface area contributed by atoms with Gasteiger partial charge in [0.1, 0.15) is 12.4 Å². The fourth-order valence-electron chi connectivity index (χ4n) is 2.74. The van der Waals surface area contributed by atoms with E-state index in [1.807, 2.05) is 70.2 Å². The fraction of sp³-hybridized carbons (Fsp3) is 0.304. The van der Waals surface area contributed by atoms with Crippen molar-refractivity contribution >= 4 is 38.9 Å². The summed E-state index contributed by atoms with van der Waals surface area (Å²) in [5, 5.41) is 8.72. The first-order valence-corrected chi connectivity index (χ1v) is 10.4. The lowest BCUT2D eigenvalue weighted by Gasteiger charge is -2.16. The van der Waals surface area contributed by atoms with Gasteiger partial charge in [-0.1, -0.05) is 51.1 Å². The average Bonchev–Trinajstić information content (AvgIpc) is 3.04. The Morgan fingerprint density at radius 2 is 1.76 bits per heavy atom. The lowest BCUT2D eigenvalue weighted by Crippen LogP contribution is -2.28. The highest BCUT2D eigenvalue weighted by atomic mass is 32.1. The number of thiophene rings is 1. The highest BCUT2D eigenvalue weighted by Gasteiger charge is 2.23. The summed E-state index contributed by atoms with van der Waals surface area (Å²) in [6.45, 7) is 8.20. The maximum absolute atomic E-state index is 12.5. The third kappa shape index (κ3) is 5.35. The first kappa shape index (κ1) is 20.9. The number of carbonyl (C=O) groups is 2. The fourth-order valence-corrected chi connectivity index (χ4v) is 3.72.